The summed E-state index contributed by atoms with van der Waals surface area (Å²) in [4.78, 5) is 3.75. The van der Waals surface area contributed by atoms with Gasteiger partial charge in [0.25, 0.3) is 0 Å². The number of halogens is 3. The largest absolute Gasteiger partial charge is 0.422 e. The van der Waals surface area contributed by atoms with Gasteiger partial charge in [0.15, 0.2) is 0 Å². The number of hydrogen-bond donors (Lipinski definition) is 1. The molecule has 0 amide bonds. The van der Waals surface area contributed by atoms with E-state index in [2.05, 4.69) is 14.7 Å². The molecule has 2 rings (SSSR count). The van der Waals surface area contributed by atoms with Crippen molar-refractivity contribution in [3.8, 4) is 11.8 Å². The van der Waals surface area contributed by atoms with Gasteiger partial charge >= 0.3 is 12.2 Å². The van der Waals surface area contributed by atoms with Crippen molar-refractivity contribution in [1.82, 2.24) is 10.1 Å². The molecule has 0 bridgehead atoms. The molecule has 0 aliphatic heterocycles. The lowest BCUT2D eigenvalue weighted by molar-refractivity contribution is -0.137. The Kier molecular flexibility index (Phi) is 3.19. The predicted octanol–water partition coefficient (Wildman–Crippen LogP) is 2.34. The number of nitrogens with zero attached hydrogens (tertiary/aromatic N) is 2. The molecular weight excluding hydrogens is 251 g/mol. The van der Waals surface area contributed by atoms with Crippen molar-refractivity contribution < 1.29 is 22.4 Å². The van der Waals surface area contributed by atoms with Gasteiger partial charge in [-0.3, -0.25) is 0 Å². The summed E-state index contributed by atoms with van der Waals surface area (Å²) in [6.45, 7) is 0.0589. The summed E-state index contributed by atoms with van der Waals surface area (Å²) in [6.07, 6.45) is -4.38. The van der Waals surface area contributed by atoms with E-state index < -0.39 is 11.7 Å². The molecule has 0 radical (unpaired) electrons. The molecule has 0 atom stereocenters. The maximum Gasteiger partial charge on any atom is 0.416 e. The fourth-order valence-electron chi connectivity index (χ4n) is 1.18. The van der Waals surface area contributed by atoms with Crippen LogP contribution in [0, 0.1) is 0 Å². The monoisotopic (exact) mass is 259 g/mol. The van der Waals surface area contributed by atoms with Crippen molar-refractivity contribution in [3.05, 3.63) is 35.7 Å². The topological polar surface area (TPSA) is 74.2 Å². The number of hydrogen-bond acceptors (Lipinski definition) is 5. The van der Waals surface area contributed by atoms with Crippen molar-refractivity contribution in [3.63, 3.8) is 0 Å². The van der Waals surface area contributed by atoms with Crippen LogP contribution in [0.4, 0.5) is 13.2 Å². The van der Waals surface area contributed by atoms with E-state index in [0.29, 0.717) is 0 Å². The van der Waals surface area contributed by atoms with Crippen LogP contribution < -0.4 is 10.5 Å². The molecule has 1 aromatic heterocycles. The van der Waals surface area contributed by atoms with Gasteiger partial charge in [0.05, 0.1) is 12.1 Å². The lowest BCUT2D eigenvalue weighted by atomic mass is 10.2. The summed E-state index contributed by atoms with van der Waals surface area (Å²) in [6, 6.07) is 4.04. The highest BCUT2D eigenvalue weighted by molar-refractivity contribution is 5.30. The zero-order chi connectivity index (χ0) is 13.2. The van der Waals surface area contributed by atoms with Crippen molar-refractivity contribution in [2.75, 3.05) is 0 Å². The van der Waals surface area contributed by atoms with Crippen LogP contribution >= 0.6 is 0 Å². The fourth-order valence-corrected chi connectivity index (χ4v) is 1.18. The molecule has 8 heteroatoms. The summed E-state index contributed by atoms with van der Waals surface area (Å²) in [7, 11) is 0. The molecule has 5 nitrogen and oxygen atoms in total. The summed E-state index contributed by atoms with van der Waals surface area (Å²) < 4.78 is 46.7. The van der Waals surface area contributed by atoms with Crippen molar-refractivity contribution >= 4 is 0 Å². The van der Waals surface area contributed by atoms with Crippen LogP contribution in [0.2, 0.25) is 0 Å². The lowest BCUT2D eigenvalue weighted by Crippen LogP contribution is -2.04. The molecule has 1 heterocycles. The SMILES string of the molecule is NCc1nc(Oc2ccc(C(F)(F)F)cc2)no1. The van der Waals surface area contributed by atoms with Crippen LogP contribution in [0.1, 0.15) is 11.5 Å². The number of aromatic nitrogens is 2. The van der Waals surface area contributed by atoms with Crippen molar-refractivity contribution in [2.45, 2.75) is 12.7 Å². The molecule has 96 valence electrons. The van der Waals surface area contributed by atoms with Gasteiger partial charge in [-0.05, 0) is 29.4 Å². The molecule has 0 fully saturated rings. The lowest BCUT2D eigenvalue weighted by Gasteiger charge is -2.06. The van der Waals surface area contributed by atoms with Gasteiger partial charge in [0.2, 0.25) is 5.89 Å². The molecule has 0 unspecified atom stereocenters. The number of nitrogens with two attached hydrogens (primary N) is 1. The number of rotatable bonds is 3. The summed E-state index contributed by atoms with van der Waals surface area (Å²) >= 11 is 0. The van der Waals surface area contributed by atoms with E-state index in [0.717, 1.165) is 12.1 Å². The van der Waals surface area contributed by atoms with Gasteiger partial charge in [-0.15, -0.1) is 0 Å². The van der Waals surface area contributed by atoms with Crippen LogP contribution in [0.5, 0.6) is 11.8 Å². The number of ether oxygens (including phenoxy) is 1. The highest BCUT2D eigenvalue weighted by Gasteiger charge is 2.30. The minimum Gasteiger partial charge on any atom is -0.422 e. The Morgan fingerprint density at radius 2 is 1.89 bits per heavy atom. The molecule has 2 aromatic rings. The molecule has 0 spiro atoms. The second-order valence-electron chi connectivity index (χ2n) is 3.30. The van der Waals surface area contributed by atoms with Crippen LogP contribution in [0.3, 0.4) is 0 Å². The Morgan fingerprint density at radius 1 is 1.22 bits per heavy atom. The third-order valence-corrected chi connectivity index (χ3v) is 2.01. The van der Waals surface area contributed by atoms with Crippen LogP contribution in [-0.4, -0.2) is 10.1 Å². The molecule has 0 aliphatic carbocycles. The first-order valence-electron chi connectivity index (χ1n) is 4.87. The van der Waals surface area contributed by atoms with E-state index in [9.17, 15) is 13.2 Å². The smallest absolute Gasteiger partial charge is 0.416 e. The van der Waals surface area contributed by atoms with Crippen molar-refractivity contribution in [1.29, 1.82) is 0 Å². The second-order valence-corrected chi connectivity index (χ2v) is 3.30. The van der Waals surface area contributed by atoms with E-state index in [-0.39, 0.29) is 24.2 Å². The zero-order valence-corrected chi connectivity index (χ0v) is 8.94. The Morgan fingerprint density at radius 3 is 2.39 bits per heavy atom. The van der Waals surface area contributed by atoms with Crippen LogP contribution in [-0.2, 0) is 12.7 Å². The minimum atomic E-state index is -4.38. The fraction of sp³-hybridized carbons (Fsp3) is 0.200. The predicted molar refractivity (Wildman–Crippen MR) is 53.7 cm³/mol. The molecular formula is C10H8F3N3O2. The Bertz CT molecular complexity index is 522. The second kappa shape index (κ2) is 4.65. The van der Waals surface area contributed by atoms with Crippen molar-refractivity contribution in [2.24, 2.45) is 5.73 Å². The van der Waals surface area contributed by atoms with Crippen LogP contribution in [0.25, 0.3) is 0 Å². The molecule has 2 N–H and O–H groups in total. The van der Waals surface area contributed by atoms with E-state index in [1.165, 1.54) is 12.1 Å². The molecule has 0 saturated carbocycles. The first-order chi connectivity index (χ1) is 8.49. The van der Waals surface area contributed by atoms with Gasteiger partial charge in [-0.25, -0.2) is 0 Å². The van der Waals surface area contributed by atoms with E-state index in [1.807, 2.05) is 0 Å². The average molecular weight is 259 g/mol. The highest BCUT2D eigenvalue weighted by atomic mass is 19.4. The number of benzene rings is 1. The summed E-state index contributed by atoms with van der Waals surface area (Å²) in [5.41, 5.74) is 4.49. The summed E-state index contributed by atoms with van der Waals surface area (Å²) in [5.74, 6) is 0.351. The zero-order valence-electron chi connectivity index (χ0n) is 8.94. The molecule has 1 aromatic carbocycles. The molecule has 18 heavy (non-hydrogen) atoms. The quantitative estimate of drug-likeness (QED) is 0.915. The Labute approximate surface area is 99.4 Å². The Balaban J connectivity index is 2.11. The third-order valence-electron chi connectivity index (χ3n) is 2.01. The highest BCUT2D eigenvalue weighted by Crippen LogP contribution is 2.30. The maximum absolute atomic E-state index is 12.3. The molecule has 0 aliphatic rings. The van der Waals surface area contributed by atoms with Gasteiger partial charge in [0, 0.05) is 0 Å². The Hall–Kier alpha value is -2.09. The first-order valence-corrected chi connectivity index (χ1v) is 4.87. The maximum atomic E-state index is 12.3. The van der Waals surface area contributed by atoms with Gasteiger partial charge in [0.1, 0.15) is 5.75 Å². The standard InChI is InChI=1S/C10H8F3N3O2/c11-10(12,13)6-1-3-7(4-2-6)17-9-15-8(5-14)18-16-9/h1-4H,5,14H2. The molecule has 0 saturated heterocycles. The van der Waals surface area contributed by atoms with Gasteiger partial charge < -0.3 is 15.0 Å². The van der Waals surface area contributed by atoms with E-state index >= 15 is 0 Å². The normalized spacial score (nSPS) is 11.6. The van der Waals surface area contributed by atoms with E-state index in [1.54, 1.807) is 0 Å². The minimum absolute atomic E-state index is 0.0589. The van der Waals surface area contributed by atoms with E-state index in [4.69, 9.17) is 10.5 Å². The average Bonchev–Trinajstić information content (AvgIpc) is 2.76. The van der Waals surface area contributed by atoms with Gasteiger partial charge in [-0.2, -0.15) is 18.2 Å². The number of alkyl halides is 3. The summed E-state index contributed by atoms with van der Waals surface area (Å²) in [5, 5.41) is 3.44. The van der Waals surface area contributed by atoms with Gasteiger partial charge in [-0.1, -0.05) is 0 Å². The third kappa shape index (κ3) is 2.77. The first kappa shape index (κ1) is 12.4. The van der Waals surface area contributed by atoms with Crippen LogP contribution in [0.15, 0.2) is 28.8 Å².